The molecule has 170 valence electrons. The number of rotatable bonds is 9. The summed E-state index contributed by atoms with van der Waals surface area (Å²) < 4.78 is 10.7. The van der Waals surface area contributed by atoms with E-state index in [9.17, 15) is 0 Å². The molecule has 0 bridgehead atoms. The van der Waals surface area contributed by atoms with Crippen molar-refractivity contribution >= 4 is 35.6 Å². The Hall–Kier alpha value is -2.16. The first-order chi connectivity index (χ1) is 14.7. The van der Waals surface area contributed by atoms with Crippen LogP contribution in [0.2, 0.25) is 0 Å². The van der Waals surface area contributed by atoms with Crippen LogP contribution in [0.5, 0.6) is 11.5 Å². The second kappa shape index (κ2) is 13.3. The first kappa shape index (κ1) is 25.1. The van der Waals surface area contributed by atoms with Crippen LogP contribution in [0.4, 0.5) is 5.69 Å². The maximum Gasteiger partial charge on any atom is 0.191 e. The minimum atomic E-state index is 0. The van der Waals surface area contributed by atoms with Gasteiger partial charge in [0.25, 0.3) is 0 Å². The van der Waals surface area contributed by atoms with Crippen molar-refractivity contribution in [1.29, 1.82) is 0 Å². The predicted octanol–water partition coefficient (Wildman–Crippen LogP) is 4.09. The second-order valence-electron chi connectivity index (χ2n) is 7.47. The third kappa shape index (κ3) is 7.48. The van der Waals surface area contributed by atoms with Gasteiger partial charge in [0.15, 0.2) is 17.5 Å². The Balaban J connectivity index is 0.00000341. The standard InChI is InChI=1S/C24H34N4O2.HI/c1-4-25-24(27-20-14-16-28(18-20)21-10-6-5-7-11-21)26-15-8-9-19-12-13-22(29-2)23(17-19)30-3;/h5-7,10-13,17,20H,4,8-9,14-16,18H2,1-3H3,(H2,25,26,27);1H. The molecule has 7 heteroatoms. The van der Waals surface area contributed by atoms with E-state index >= 15 is 0 Å². The normalized spacial score (nSPS) is 15.9. The molecule has 1 heterocycles. The fraction of sp³-hybridized carbons (Fsp3) is 0.458. The Morgan fingerprint density at radius 3 is 2.58 bits per heavy atom. The highest BCUT2D eigenvalue weighted by Gasteiger charge is 2.23. The highest BCUT2D eigenvalue weighted by atomic mass is 127. The smallest absolute Gasteiger partial charge is 0.191 e. The number of nitrogens with one attached hydrogen (secondary N) is 2. The Labute approximate surface area is 203 Å². The molecule has 2 N–H and O–H groups in total. The molecule has 1 atom stereocenters. The number of para-hydroxylation sites is 1. The average Bonchev–Trinajstić information content (AvgIpc) is 3.25. The Kier molecular flexibility index (Phi) is 10.8. The van der Waals surface area contributed by atoms with Gasteiger partial charge in [0, 0.05) is 37.9 Å². The number of anilines is 1. The molecule has 1 aliphatic rings. The summed E-state index contributed by atoms with van der Waals surface area (Å²) in [5.41, 5.74) is 2.52. The Morgan fingerprint density at radius 1 is 1.10 bits per heavy atom. The quantitative estimate of drug-likeness (QED) is 0.218. The Bertz CT molecular complexity index is 816. The minimum absolute atomic E-state index is 0. The lowest BCUT2D eigenvalue weighted by Crippen LogP contribution is -2.44. The second-order valence-corrected chi connectivity index (χ2v) is 7.47. The summed E-state index contributed by atoms with van der Waals surface area (Å²) >= 11 is 0. The fourth-order valence-corrected chi connectivity index (χ4v) is 3.77. The molecule has 0 amide bonds. The number of aliphatic imine (C=N–C) groups is 1. The van der Waals surface area contributed by atoms with Gasteiger partial charge >= 0.3 is 0 Å². The van der Waals surface area contributed by atoms with E-state index in [2.05, 4.69) is 58.9 Å². The van der Waals surface area contributed by atoms with Gasteiger partial charge in [-0.3, -0.25) is 4.99 Å². The molecule has 1 unspecified atom stereocenters. The summed E-state index contributed by atoms with van der Waals surface area (Å²) in [5.74, 6) is 2.45. The zero-order chi connectivity index (χ0) is 21.2. The molecule has 1 saturated heterocycles. The number of hydrogen-bond acceptors (Lipinski definition) is 4. The van der Waals surface area contributed by atoms with Crippen LogP contribution in [-0.2, 0) is 6.42 Å². The van der Waals surface area contributed by atoms with Gasteiger partial charge in [-0.05, 0) is 56.0 Å². The molecule has 0 saturated carbocycles. The zero-order valence-corrected chi connectivity index (χ0v) is 21.1. The molecule has 0 spiro atoms. The SMILES string of the molecule is CCNC(=NCCCc1ccc(OC)c(OC)c1)NC1CCN(c2ccccc2)C1.I. The van der Waals surface area contributed by atoms with Gasteiger partial charge in [0.05, 0.1) is 14.2 Å². The van der Waals surface area contributed by atoms with Crippen LogP contribution in [0.3, 0.4) is 0 Å². The van der Waals surface area contributed by atoms with Crippen molar-refractivity contribution in [3.63, 3.8) is 0 Å². The van der Waals surface area contributed by atoms with Crippen LogP contribution >= 0.6 is 24.0 Å². The number of guanidine groups is 1. The average molecular weight is 538 g/mol. The van der Waals surface area contributed by atoms with E-state index in [1.807, 2.05) is 12.1 Å². The number of ether oxygens (including phenoxy) is 2. The van der Waals surface area contributed by atoms with Crippen molar-refractivity contribution in [2.24, 2.45) is 4.99 Å². The lowest BCUT2D eigenvalue weighted by molar-refractivity contribution is 0.354. The number of aryl methyl sites for hydroxylation is 1. The largest absolute Gasteiger partial charge is 0.493 e. The number of methoxy groups -OCH3 is 2. The van der Waals surface area contributed by atoms with Gasteiger partial charge in [0.1, 0.15) is 0 Å². The molecule has 2 aromatic carbocycles. The molecular weight excluding hydrogens is 503 g/mol. The molecule has 1 fully saturated rings. The van der Waals surface area contributed by atoms with E-state index in [1.165, 1.54) is 11.3 Å². The van der Waals surface area contributed by atoms with Crippen LogP contribution < -0.4 is 25.0 Å². The summed E-state index contributed by atoms with van der Waals surface area (Å²) in [4.78, 5) is 7.21. The number of benzene rings is 2. The van der Waals surface area contributed by atoms with Gasteiger partial charge in [-0.1, -0.05) is 24.3 Å². The van der Waals surface area contributed by atoms with Crippen LogP contribution in [-0.4, -0.2) is 52.4 Å². The molecule has 3 rings (SSSR count). The zero-order valence-electron chi connectivity index (χ0n) is 18.8. The lowest BCUT2D eigenvalue weighted by Gasteiger charge is -2.20. The molecule has 2 aromatic rings. The van der Waals surface area contributed by atoms with Crippen molar-refractivity contribution in [2.75, 3.05) is 45.3 Å². The molecular formula is C24H35IN4O2. The number of nitrogens with zero attached hydrogens (tertiary/aromatic N) is 2. The summed E-state index contributed by atoms with van der Waals surface area (Å²) in [6.45, 7) is 5.81. The van der Waals surface area contributed by atoms with Crippen LogP contribution in [0.1, 0.15) is 25.3 Å². The molecule has 0 aliphatic carbocycles. The van der Waals surface area contributed by atoms with Crippen molar-refractivity contribution in [3.05, 3.63) is 54.1 Å². The fourth-order valence-electron chi connectivity index (χ4n) is 3.77. The molecule has 0 aromatic heterocycles. The van der Waals surface area contributed by atoms with Crippen LogP contribution in [0.15, 0.2) is 53.5 Å². The topological polar surface area (TPSA) is 58.1 Å². The molecule has 31 heavy (non-hydrogen) atoms. The third-order valence-electron chi connectivity index (χ3n) is 5.34. The van der Waals surface area contributed by atoms with Crippen molar-refractivity contribution in [2.45, 2.75) is 32.2 Å². The first-order valence-electron chi connectivity index (χ1n) is 10.8. The minimum Gasteiger partial charge on any atom is -0.493 e. The maximum atomic E-state index is 5.39. The lowest BCUT2D eigenvalue weighted by atomic mass is 10.1. The van der Waals surface area contributed by atoms with Crippen molar-refractivity contribution in [3.8, 4) is 11.5 Å². The predicted molar refractivity (Wildman–Crippen MR) is 139 cm³/mol. The Morgan fingerprint density at radius 2 is 1.87 bits per heavy atom. The van der Waals surface area contributed by atoms with E-state index in [0.29, 0.717) is 6.04 Å². The monoisotopic (exact) mass is 538 g/mol. The molecule has 6 nitrogen and oxygen atoms in total. The van der Waals surface area contributed by atoms with E-state index in [4.69, 9.17) is 14.5 Å². The van der Waals surface area contributed by atoms with E-state index in [-0.39, 0.29) is 24.0 Å². The molecule has 1 aliphatic heterocycles. The van der Waals surface area contributed by atoms with Gasteiger partial charge in [-0.25, -0.2) is 0 Å². The van der Waals surface area contributed by atoms with Gasteiger partial charge in [-0.2, -0.15) is 0 Å². The van der Waals surface area contributed by atoms with Crippen molar-refractivity contribution < 1.29 is 9.47 Å². The van der Waals surface area contributed by atoms with Crippen LogP contribution in [0.25, 0.3) is 0 Å². The van der Waals surface area contributed by atoms with Gasteiger partial charge in [-0.15, -0.1) is 24.0 Å². The highest BCUT2D eigenvalue weighted by molar-refractivity contribution is 14.0. The van der Waals surface area contributed by atoms with Crippen molar-refractivity contribution in [1.82, 2.24) is 10.6 Å². The third-order valence-corrected chi connectivity index (χ3v) is 5.34. The number of halogens is 1. The van der Waals surface area contributed by atoms with E-state index in [0.717, 1.165) is 62.9 Å². The summed E-state index contributed by atoms with van der Waals surface area (Å²) in [5, 5.41) is 6.99. The summed E-state index contributed by atoms with van der Waals surface area (Å²) in [7, 11) is 3.33. The summed E-state index contributed by atoms with van der Waals surface area (Å²) in [6, 6.07) is 17.1. The first-order valence-corrected chi connectivity index (χ1v) is 10.8. The van der Waals surface area contributed by atoms with Crippen LogP contribution in [0, 0.1) is 0 Å². The van der Waals surface area contributed by atoms with Gasteiger partial charge in [0.2, 0.25) is 0 Å². The van der Waals surface area contributed by atoms with E-state index in [1.54, 1.807) is 14.2 Å². The molecule has 0 radical (unpaired) electrons. The number of hydrogen-bond donors (Lipinski definition) is 2. The van der Waals surface area contributed by atoms with Gasteiger partial charge < -0.3 is 25.0 Å². The van der Waals surface area contributed by atoms with E-state index < -0.39 is 0 Å². The highest BCUT2D eigenvalue weighted by Crippen LogP contribution is 2.28. The summed E-state index contributed by atoms with van der Waals surface area (Å²) in [6.07, 6.45) is 3.05. The maximum absolute atomic E-state index is 5.39.